The zero-order valence-corrected chi connectivity index (χ0v) is 11.2. The van der Waals surface area contributed by atoms with Crippen LogP contribution in [0.1, 0.15) is 26.2 Å². The number of carbonyl (C=O) groups is 2. The first-order valence-corrected chi connectivity index (χ1v) is 6.32. The van der Waals surface area contributed by atoms with Gasteiger partial charge in [-0.3, -0.25) is 4.79 Å². The first kappa shape index (κ1) is 13.6. The topological polar surface area (TPSA) is 76.4 Å². The maximum Gasteiger partial charge on any atom is 0.333 e. The molecule has 2 aliphatic rings. The van der Waals surface area contributed by atoms with Gasteiger partial charge in [-0.15, -0.1) is 0 Å². The molecular formula is C14H17NO4. The molecule has 2 aliphatic carbocycles. The Bertz CT molecular complexity index is 492. The van der Waals surface area contributed by atoms with E-state index < -0.39 is 22.8 Å². The summed E-state index contributed by atoms with van der Waals surface area (Å²) in [5, 5.41) is 9.35. The summed E-state index contributed by atoms with van der Waals surface area (Å²) >= 11 is 0. The van der Waals surface area contributed by atoms with Crippen LogP contribution in [0.15, 0.2) is 12.2 Å². The van der Waals surface area contributed by atoms with Crippen molar-refractivity contribution in [2.45, 2.75) is 26.2 Å². The number of fused-ring (bicyclic) bond motifs is 1. The Morgan fingerprint density at radius 1 is 1.47 bits per heavy atom. The third kappa shape index (κ3) is 1.83. The molecule has 0 aliphatic heterocycles. The van der Waals surface area contributed by atoms with Crippen molar-refractivity contribution in [3.8, 4) is 6.07 Å². The van der Waals surface area contributed by atoms with Crippen molar-refractivity contribution in [2.75, 3.05) is 13.7 Å². The van der Waals surface area contributed by atoms with Crippen LogP contribution < -0.4 is 0 Å². The molecule has 0 aromatic heterocycles. The van der Waals surface area contributed by atoms with Crippen molar-refractivity contribution in [2.24, 2.45) is 16.7 Å². The minimum Gasteiger partial charge on any atom is -0.466 e. The molecule has 2 fully saturated rings. The van der Waals surface area contributed by atoms with E-state index in [1.807, 2.05) is 0 Å². The number of hydrogen-bond donors (Lipinski definition) is 0. The lowest BCUT2D eigenvalue weighted by atomic mass is 9.80. The highest BCUT2D eigenvalue weighted by molar-refractivity contribution is 5.91. The highest BCUT2D eigenvalue weighted by atomic mass is 16.5. The summed E-state index contributed by atoms with van der Waals surface area (Å²) in [6.07, 6.45) is 1.55. The molecule has 0 amide bonds. The second-order valence-corrected chi connectivity index (χ2v) is 5.32. The van der Waals surface area contributed by atoms with Gasteiger partial charge in [0.2, 0.25) is 0 Å². The molecular weight excluding hydrogens is 246 g/mol. The Labute approximate surface area is 112 Å². The normalized spacial score (nSPS) is 34.9. The molecule has 2 rings (SSSR count). The molecule has 0 aromatic carbocycles. The van der Waals surface area contributed by atoms with Gasteiger partial charge in [0, 0.05) is 11.0 Å². The summed E-state index contributed by atoms with van der Waals surface area (Å²) in [4.78, 5) is 23.6. The molecule has 0 bridgehead atoms. The largest absolute Gasteiger partial charge is 0.466 e. The fraction of sp³-hybridized carbons (Fsp3) is 0.643. The number of ether oxygens (including phenoxy) is 2. The molecule has 3 unspecified atom stereocenters. The molecule has 0 radical (unpaired) electrons. The number of methoxy groups -OCH3 is 1. The number of rotatable bonds is 4. The number of nitrogens with zero attached hydrogens (tertiary/aromatic N) is 1. The van der Waals surface area contributed by atoms with Crippen molar-refractivity contribution < 1.29 is 19.1 Å². The van der Waals surface area contributed by atoms with E-state index in [0.717, 1.165) is 6.42 Å². The first-order chi connectivity index (χ1) is 8.95. The summed E-state index contributed by atoms with van der Waals surface area (Å²) in [7, 11) is 1.30. The van der Waals surface area contributed by atoms with Crippen molar-refractivity contribution in [1.29, 1.82) is 5.26 Å². The number of esters is 2. The van der Waals surface area contributed by atoms with Crippen LogP contribution in [0, 0.1) is 28.1 Å². The van der Waals surface area contributed by atoms with Crippen LogP contribution >= 0.6 is 0 Å². The molecule has 0 N–H and O–H groups in total. The molecule has 5 nitrogen and oxygen atoms in total. The van der Waals surface area contributed by atoms with E-state index in [9.17, 15) is 14.9 Å². The molecule has 0 aromatic rings. The predicted octanol–water partition coefficient (Wildman–Crippen LogP) is 1.59. The van der Waals surface area contributed by atoms with Gasteiger partial charge in [0.1, 0.15) is 0 Å². The fourth-order valence-electron chi connectivity index (χ4n) is 3.25. The van der Waals surface area contributed by atoms with Gasteiger partial charge in [0.05, 0.1) is 19.8 Å². The predicted molar refractivity (Wildman–Crippen MR) is 65.6 cm³/mol. The quantitative estimate of drug-likeness (QED) is 0.568. The van der Waals surface area contributed by atoms with Crippen LogP contribution in [0.3, 0.4) is 0 Å². The third-order valence-corrected chi connectivity index (χ3v) is 4.36. The summed E-state index contributed by atoms with van der Waals surface area (Å²) in [6.45, 7) is 5.75. The lowest BCUT2D eigenvalue weighted by Gasteiger charge is -2.23. The van der Waals surface area contributed by atoms with E-state index in [-0.39, 0.29) is 12.5 Å². The lowest BCUT2D eigenvalue weighted by Crippen LogP contribution is -2.31. The molecule has 0 heterocycles. The Kier molecular flexibility index (Phi) is 3.13. The second-order valence-electron chi connectivity index (χ2n) is 5.32. The minimum atomic E-state index is -1.13. The number of hydrogen-bond acceptors (Lipinski definition) is 5. The van der Waals surface area contributed by atoms with Gasteiger partial charge in [0.15, 0.2) is 5.41 Å². The van der Waals surface area contributed by atoms with Crippen LogP contribution in [0.4, 0.5) is 0 Å². The van der Waals surface area contributed by atoms with Crippen LogP contribution in [0.5, 0.6) is 0 Å². The van der Waals surface area contributed by atoms with Crippen LogP contribution in [0.2, 0.25) is 0 Å². The van der Waals surface area contributed by atoms with E-state index in [0.29, 0.717) is 18.4 Å². The number of nitriles is 1. The molecule has 102 valence electrons. The standard InChI is InChI=1S/C14H17NO4/c1-4-19-12(17)13(8-15)5-10-6-14(10,7-13)9(2)11(16)18-3/h10H,2,4-7H2,1,3H3. The maximum absolute atomic E-state index is 12.0. The Hall–Kier alpha value is -1.83. The van der Waals surface area contributed by atoms with Gasteiger partial charge in [-0.25, -0.2) is 4.79 Å². The average Bonchev–Trinajstić information content (AvgIpc) is 3.00. The monoisotopic (exact) mass is 263 g/mol. The molecule has 3 atom stereocenters. The van der Waals surface area contributed by atoms with E-state index in [2.05, 4.69) is 17.4 Å². The van der Waals surface area contributed by atoms with Crippen LogP contribution in [0.25, 0.3) is 0 Å². The van der Waals surface area contributed by atoms with E-state index >= 15 is 0 Å². The highest BCUT2D eigenvalue weighted by Crippen LogP contribution is 2.72. The average molecular weight is 263 g/mol. The maximum atomic E-state index is 12.0. The molecule has 0 saturated heterocycles. The van der Waals surface area contributed by atoms with E-state index in [1.165, 1.54) is 7.11 Å². The minimum absolute atomic E-state index is 0.156. The van der Waals surface area contributed by atoms with E-state index in [1.54, 1.807) is 6.92 Å². The molecule has 19 heavy (non-hydrogen) atoms. The van der Waals surface area contributed by atoms with Gasteiger partial charge >= 0.3 is 11.9 Å². The highest BCUT2D eigenvalue weighted by Gasteiger charge is 2.70. The summed E-state index contributed by atoms with van der Waals surface area (Å²) in [5.74, 6) is -0.787. The Morgan fingerprint density at radius 3 is 2.68 bits per heavy atom. The summed E-state index contributed by atoms with van der Waals surface area (Å²) in [5.41, 5.74) is -1.19. The van der Waals surface area contributed by atoms with Gasteiger partial charge in [-0.2, -0.15) is 5.26 Å². The molecule has 0 spiro atoms. The first-order valence-electron chi connectivity index (χ1n) is 6.32. The third-order valence-electron chi connectivity index (χ3n) is 4.36. The summed E-state index contributed by atoms with van der Waals surface area (Å²) in [6, 6.07) is 2.09. The van der Waals surface area contributed by atoms with Crippen molar-refractivity contribution in [3.05, 3.63) is 12.2 Å². The van der Waals surface area contributed by atoms with E-state index in [4.69, 9.17) is 4.74 Å². The van der Waals surface area contributed by atoms with Crippen molar-refractivity contribution in [1.82, 2.24) is 0 Å². The van der Waals surface area contributed by atoms with Gasteiger partial charge in [-0.05, 0) is 32.1 Å². The molecule has 2 saturated carbocycles. The fourth-order valence-corrected chi connectivity index (χ4v) is 3.25. The smallest absolute Gasteiger partial charge is 0.333 e. The van der Waals surface area contributed by atoms with Gasteiger partial charge in [-0.1, -0.05) is 6.58 Å². The van der Waals surface area contributed by atoms with Crippen molar-refractivity contribution >= 4 is 11.9 Å². The second kappa shape index (κ2) is 4.37. The molecule has 5 heteroatoms. The van der Waals surface area contributed by atoms with Gasteiger partial charge < -0.3 is 9.47 Å². The Morgan fingerprint density at radius 2 is 2.16 bits per heavy atom. The zero-order valence-electron chi connectivity index (χ0n) is 11.2. The lowest BCUT2D eigenvalue weighted by molar-refractivity contribution is -0.152. The number of carbonyl (C=O) groups excluding carboxylic acids is 2. The van der Waals surface area contributed by atoms with Crippen molar-refractivity contribution in [3.63, 3.8) is 0 Å². The van der Waals surface area contributed by atoms with Crippen LogP contribution in [-0.2, 0) is 19.1 Å². The zero-order chi connectivity index (χ0) is 14.3. The summed E-state index contributed by atoms with van der Waals surface area (Å²) < 4.78 is 9.68. The Balaban J connectivity index is 2.20. The SMILES string of the molecule is C=C(C(=O)OC)C12CC1CC(C#N)(C(=O)OCC)C2. The van der Waals surface area contributed by atoms with Crippen LogP contribution in [-0.4, -0.2) is 25.7 Å². The van der Waals surface area contributed by atoms with Gasteiger partial charge in [0.25, 0.3) is 0 Å².